The van der Waals surface area contributed by atoms with Gasteiger partial charge in [0, 0.05) is 39.6 Å². The third-order valence-corrected chi connectivity index (χ3v) is 5.41. The zero-order valence-corrected chi connectivity index (χ0v) is 17.0. The maximum atomic E-state index is 12.3. The van der Waals surface area contributed by atoms with E-state index < -0.39 is 0 Å². The van der Waals surface area contributed by atoms with Crippen LogP contribution in [0.15, 0.2) is 48.7 Å². The molecule has 0 aliphatic rings. The van der Waals surface area contributed by atoms with Crippen molar-refractivity contribution in [2.45, 2.75) is 25.3 Å². The summed E-state index contributed by atoms with van der Waals surface area (Å²) >= 11 is 12.5. The third kappa shape index (κ3) is 4.61. The van der Waals surface area contributed by atoms with Crippen LogP contribution in [0.5, 0.6) is 0 Å². The highest BCUT2D eigenvalue weighted by atomic mass is 35.5. The normalized spacial score (nSPS) is 13.3. The van der Waals surface area contributed by atoms with E-state index in [-0.39, 0.29) is 24.6 Å². The van der Waals surface area contributed by atoms with E-state index in [2.05, 4.69) is 15.6 Å². The lowest BCUT2D eigenvalue weighted by Gasteiger charge is -2.21. The summed E-state index contributed by atoms with van der Waals surface area (Å²) in [6, 6.07) is 12.8. The fraction of sp³-hybridized carbons (Fsp3) is 0.286. The van der Waals surface area contributed by atoms with Gasteiger partial charge in [0.2, 0.25) is 0 Å². The van der Waals surface area contributed by atoms with Crippen molar-refractivity contribution in [1.82, 2.24) is 15.6 Å². The Balaban J connectivity index is 1.90. The first kappa shape index (κ1) is 20.5. The van der Waals surface area contributed by atoms with Gasteiger partial charge in [-0.25, -0.2) is 4.79 Å². The van der Waals surface area contributed by atoms with Crippen molar-refractivity contribution in [1.29, 1.82) is 0 Å². The maximum Gasteiger partial charge on any atom is 0.315 e. The van der Waals surface area contributed by atoms with Gasteiger partial charge < -0.3 is 20.7 Å². The van der Waals surface area contributed by atoms with Gasteiger partial charge in [0.15, 0.2) is 0 Å². The SMILES string of the molecule is CCC(CO)NC(=O)NCC(c1ccc(Cl)cc1Cl)c1c[nH]c2ccccc12. The number of carbonyl (C=O) groups is 1. The third-order valence-electron chi connectivity index (χ3n) is 4.85. The number of amides is 2. The molecule has 28 heavy (non-hydrogen) atoms. The smallest absolute Gasteiger partial charge is 0.315 e. The Kier molecular flexibility index (Phi) is 6.83. The number of nitrogens with one attached hydrogen (secondary N) is 3. The minimum atomic E-state index is -0.323. The number of H-pyrrole nitrogens is 1. The van der Waals surface area contributed by atoms with Gasteiger partial charge in [-0.3, -0.25) is 0 Å². The van der Waals surface area contributed by atoms with Crippen molar-refractivity contribution in [3.05, 3.63) is 69.8 Å². The Hall–Kier alpha value is -2.21. The Bertz CT molecular complexity index is 954. The first-order chi connectivity index (χ1) is 13.5. The maximum absolute atomic E-state index is 12.3. The predicted octanol–water partition coefficient (Wildman–Crippen LogP) is 4.68. The van der Waals surface area contributed by atoms with E-state index in [9.17, 15) is 9.90 Å². The number of hydrogen-bond acceptors (Lipinski definition) is 2. The fourth-order valence-electron chi connectivity index (χ4n) is 3.26. The van der Waals surface area contributed by atoms with Crippen molar-refractivity contribution < 1.29 is 9.90 Å². The van der Waals surface area contributed by atoms with Gasteiger partial charge in [0.25, 0.3) is 0 Å². The van der Waals surface area contributed by atoms with Crippen LogP contribution in [0.4, 0.5) is 4.79 Å². The molecule has 148 valence electrons. The van der Waals surface area contributed by atoms with Crippen molar-refractivity contribution in [2.75, 3.05) is 13.2 Å². The number of rotatable bonds is 7. The number of carbonyl (C=O) groups excluding carboxylic acids is 1. The molecule has 0 aliphatic heterocycles. The molecule has 0 aliphatic carbocycles. The summed E-state index contributed by atoms with van der Waals surface area (Å²) in [6.45, 7) is 2.15. The molecule has 0 spiro atoms. The van der Waals surface area contributed by atoms with Crippen molar-refractivity contribution in [3.63, 3.8) is 0 Å². The van der Waals surface area contributed by atoms with Crippen LogP contribution in [0.1, 0.15) is 30.4 Å². The number of hydrogen-bond donors (Lipinski definition) is 4. The summed E-state index contributed by atoms with van der Waals surface area (Å²) in [6.07, 6.45) is 2.60. The number of aromatic nitrogens is 1. The molecule has 1 aromatic heterocycles. The van der Waals surface area contributed by atoms with E-state index in [1.165, 1.54) is 0 Å². The monoisotopic (exact) mass is 419 g/mol. The van der Waals surface area contributed by atoms with Gasteiger partial charge in [-0.2, -0.15) is 0 Å². The first-order valence-electron chi connectivity index (χ1n) is 9.19. The Morgan fingerprint density at radius 2 is 1.96 bits per heavy atom. The summed E-state index contributed by atoms with van der Waals surface area (Å²) in [5.41, 5.74) is 2.93. The average Bonchev–Trinajstić information content (AvgIpc) is 3.11. The van der Waals surface area contributed by atoms with E-state index >= 15 is 0 Å². The molecule has 2 unspecified atom stereocenters. The zero-order valence-electron chi connectivity index (χ0n) is 15.5. The second-order valence-corrected chi connectivity index (χ2v) is 7.49. The Labute approximate surface area is 174 Å². The molecular formula is C21H23Cl2N3O2. The highest BCUT2D eigenvalue weighted by Gasteiger charge is 2.22. The van der Waals surface area contributed by atoms with E-state index in [0.29, 0.717) is 23.0 Å². The number of benzene rings is 2. The molecule has 5 nitrogen and oxygen atoms in total. The molecule has 7 heteroatoms. The Morgan fingerprint density at radius 1 is 1.18 bits per heavy atom. The molecule has 0 bridgehead atoms. The minimum Gasteiger partial charge on any atom is -0.394 e. The molecule has 2 amide bonds. The average molecular weight is 420 g/mol. The molecular weight excluding hydrogens is 397 g/mol. The summed E-state index contributed by atoms with van der Waals surface area (Å²) in [5.74, 6) is -0.166. The highest BCUT2D eigenvalue weighted by Crippen LogP contribution is 2.35. The number of aromatic amines is 1. The van der Waals surface area contributed by atoms with Crippen molar-refractivity contribution >= 4 is 40.1 Å². The van der Waals surface area contributed by atoms with Crippen molar-refractivity contribution in [3.8, 4) is 0 Å². The second-order valence-electron chi connectivity index (χ2n) is 6.65. The van der Waals surface area contributed by atoms with Crippen LogP contribution in [-0.2, 0) is 0 Å². The molecule has 0 fully saturated rings. The molecule has 2 aromatic carbocycles. The van der Waals surface area contributed by atoms with Gasteiger partial charge in [-0.05, 0) is 35.7 Å². The van der Waals surface area contributed by atoms with E-state index in [4.69, 9.17) is 23.2 Å². The molecule has 3 rings (SSSR count). The minimum absolute atomic E-state index is 0.0984. The van der Waals surface area contributed by atoms with Gasteiger partial charge in [0.1, 0.15) is 0 Å². The van der Waals surface area contributed by atoms with Crippen LogP contribution < -0.4 is 10.6 Å². The first-order valence-corrected chi connectivity index (χ1v) is 9.95. The molecule has 3 aromatic rings. The standard InChI is InChI=1S/C21H23Cl2N3O2/c1-2-14(12-27)26-21(28)25-11-17(15-8-7-13(22)9-19(15)23)18-10-24-20-6-4-3-5-16(18)20/h3-10,14,17,24,27H,2,11-12H2,1H3,(H2,25,26,28). The number of urea groups is 1. The summed E-state index contributed by atoms with van der Waals surface area (Å²) in [7, 11) is 0. The number of halogens is 2. The summed E-state index contributed by atoms with van der Waals surface area (Å²) in [5, 5.41) is 17.1. The number of aliphatic hydroxyl groups is 1. The molecule has 2 atom stereocenters. The lowest BCUT2D eigenvalue weighted by Crippen LogP contribution is -2.44. The Morgan fingerprint density at radius 3 is 2.68 bits per heavy atom. The number of para-hydroxylation sites is 1. The quantitative estimate of drug-likeness (QED) is 0.448. The van der Waals surface area contributed by atoms with Crippen LogP contribution in [0.2, 0.25) is 10.0 Å². The molecule has 4 N–H and O–H groups in total. The molecule has 0 radical (unpaired) electrons. The summed E-state index contributed by atoms with van der Waals surface area (Å²) in [4.78, 5) is 15.6. The van der Waals surface area contributed by atoms with E-state index in [1.54, 1.807) is 12.1 Å². The highest BCUT2D eigenvalue weighted by molar-refractivity contribution is 6.35. The summed E-state index contributed by atoms with van der Waals surface area (Å²) < 4.78 is 0. The van der Waals surface area contributed by atoms with Crippen LogP contribution in [0.25, 0.3) is 10.9 Å². The largest absolute Gasteiger partial charge is 0.394 e. The molecule has 0 saturated carbocycles. The van der Waals surface area contributed by atoms with Gasteiger partial charge in [-0.1, -0.05) is 54.4 Å². The topological polar surface area (TPSA) is 77.2 Å². The molecule has 1 heterocycles. The number of fused-ring (bicyclic) bond motifs is 1. The fourth-order valence-corrected chi connectivity index (χ4v) is 3.80. The van der Waals surface area contributed by atoms with Crippen LogP contribution in [0.3, 0.4) is 0 Å². The zero-order chi connectivity index (χ0) is 20.1. The second kappa shape index (κ2) is 9.32. The van der Waals surface area contributed by atoms with Gasteiger partial charge in [0.05, 0.1) is 12.6 Å². The molecule has 0 saturated heterocycles. The van der Waals surface area contributed by atoms with Gasteiger partial charge in [-0.15, -0.1) is 0 Å². The van der Waals surface area contributed by atoms with Gasteiger partial charge >= 0.3 is 6.03 Å². The lowest BCUT2D eigenvalue weighted by atomic mass is 9.91. The van der Waals surface area contributed by atoms with E-state index in [0.717, 1.165) is 22.0 Å². The number of aliphatic hydroxyl groups excluding tert-OH is 1. The van der Waals surface area contributed by atoms with Crippen LogP contribution in [0, 0.1) is 0 Å². The van der Waals surface area contributed by atoms with Crippen molar-refractivity contribution in [2.24, 2.45) is 0 Å². The van der Waals surface area contributed by atoms with E-state index in [1.807, 2.05) is 43.5 Å². The van der Waals surface area contributed by atoms with Crippen LogP contribution in [-0.4, -0.2) is 35.3 Å². The van der Waals surface area contributed by atoms with Crippen LogP contribution >= 0.6 is 23.2 Å². The lowest BCUT2D eigenvalue weighted by molar-refractivity contribution is 0.214. The predicted molar refractivity (Wildman–Crippen MR) is 114 cm³/mol.